The second-order valence-corrected chi connectivity index (χ2v) is 0.707. The Hall–Kier alpha value is 1.10. The van der Waals surface area contributed by atoms with Crippen LogP contribution in [0.15, 0.2) is 0 Å². The molecule has 1 radical (unpaired) electrons. The Morgan fingerprint density at radius 2 is 1.17 bits per heavy atom. The zero-order valence-electron chi connectivity index (χ0n) is 4.28. The third-order valence-corrected chi connectivity index (χ3v) is 0. The molecule has 0 rings (SSSR count). The summed E-state index contributed by atoms with van der Waals surface area (Å²) in [7, 11) is 0. The standard InChI is InChI=1S/C3H8.CH4.CH3.Y/c1-3-2;;;/h3H2,1-2H3;1H4;1H3;/q;;-1;. The monoisotopic (exact) mass is 164 g/mol. The fourth-order valence-electron chi connectivity index (χ4n) is 0. The molecule has 0 aromatic heterocycles. The van der Waals surface area contributed by atoms with Crippen molar-refractivity contribution >= 4 is 0 Å². The summed E-state index contributed by atoms with van der Waals surface area (Å²) in [5.74, 6) is 0. The van der Waals surface area contributed by atoms with Crippen molar-refractivity contribution in [2.75, 3.05) is 0 Å². The second-order valence-electron chi connectivity index (χ2n) is 0.707. The molecule has 0 N–H and O–H groups in total. The zero-order chi connectivity index (χ0) is 2.71. The van der Waals surface area contributed by atoms with E-state index < -0.39 is 0 Å². The van der Waals surface area contributed by atoms with Gasteiger partial charge in [-0.05, 0) is 0 Å². The van der Waals surface area contributed by atoms with E-state index in [2.05, 4.69) is 13.8 Å². The summed E-state index contributed by atoms with van der Waals surface area (Å²) in [5.41, 5.74) is 0. The van der Waals surface area contributed by atoms with Gasteiger partial charge in [-0.3, -0.25) is 0 Å². The Morgan fingerprint density at radius 1 is 1.17 bits per heavy atom. The molecule has 0 spiro atoms. The number of hydrogen-bond acceptors (Lipinski definition) is 0. The first-order chi connectivity index (χ1) is 1.41. The molecule has 0 saturated heterocycles. The Labute approximate surface area is 67.6 Å². The van der Waals surface area contributed by atoms with Gasteiger partial charge in [0.15, 0.2) is 0 Å². The third-order valence-electron chi connectivity index (χ3n) is 0. The Kier molecular flexibility index (Phi) is 164. The van der Waals surface area contributed by atoms with Crippen LogP contribution in [0.1, 0.15) is 27.7 Å². The average molecular weight is 164 g/mol. The summed E-state index contributed by atoms with van der Waals surface area (Å²) in [4.78, 5) is 0. The minimum Gasteiger partial charge on any atom is -0.358 e. The van der Waals surface area contributed by atoms with Gasteiger partial charge in [0.2, 0.25) is 0 Å². The smallest absolute Gasteiger partial charge is 0 e. The molecule has 0 aliphatic heterocycles. The maximum Gasteiger partial charge on any atom is 0 e. The van der Waals surface area contributed by atoms with E-state index in [1.165, 1.54) is 6.42 Å². The normalized spacial score (nSPS) is 3.00. The van der Waals surface area contributed by atoms with Crippen LogP contribution in [0.4, 0.5) is 0 Å². The van der Waals surface area contributed by atoms with Crippen LogP contribution in [0.25, 0.3) is 0 Å². The summed E-state index contributed by atoms with van der Waals surface area (Å²) in [6.07, 6.45) is 1.25. The molecule has 0 amide bonds. The molecule has 1 heteroatoms. The van der Waals surface area contributed by atoms with Gasteiger partial charge in [-0.15, -0.1) is 0 Å². The van der Waals surface area contributed by atoms with Crippen LogP contribution in [0.2, 0.25) is 0 Å². The average Bonchev–Trinajstić information content (AvgIpc) is 0.918. The van der Waals surface area contributed by atoms with E-state index in [9.17, 15) is 0 Å². The molecule has 0 saturated carbocycles. The van der Waals surface area contributed by atoms with E-state index in [4.69, 9.17) is 0 Å². The van der Waals surface area contributed by atoms with E-state index in [0.29, 0.717) is 0 Å². The maximum absolute atomic E-state index is 2.12. The third kappa shape index (κ3) is 70.5. The van der Waals surface area contributed by atoms with Gasteiger partial charge in [0, 0.05) is 32.7 Å². The molecule has 0 aliphatic carbocycles. The van der Waals surface area contributed by atoms with Gasteiger partial charge in [0.25, 0.3) is 0 Å². The van der Waals surface area contributed by atoms with Gasteiger partial charge in [0.05, 0.1) is 0 Å². The van der Waals surface area contributed by atoms with Crippen molar-refractivity contribution < 1.29 is 32.7 Å². The first-order valence-corrected chi connectivity index (χ1v) is 1.41. The second kappa shape index (κ2) is 35.9. The van der Waals surface area contributed by atoms with Crippen LogP contribution < -0.4 is 0 Å². The SMILES string of the molecule is C.CCC.[CH3-].[Y]. The van der Waals surface area contributed by atoms with Crippen molar-refractivity contribution in [2.45, 2.75) is 27.7 Å². The van der Waals surface area contributed by atoms with Crippen molar-refractivity contribution in [3.63, 3.8) is 0 Å². The van der Waals surface area contributed by atoms with Gasteiger partial charge in [-0.1, -0.05) is 27.7 Å². The summed E-state index contributed by atoms with van der Waals surface area (Å²) < 4.78 is 0. The Morgan fingerprint density at radius 3 is 1.17 bits per heavy atom. The predicted molar refractivity (Wildman–Crippen MR) is 29.1 cm³/mol. The number of rotatable bonds is 0. The molecule has 0 heterocycles. The van der Waals surface area contributed by atoms with Crippen LogP contribution in [-0.2, 0) is 32.7 Å². The Balaban J connectivity index is -0.00000000667. The van der Waals surface area contributed by atoms with Crippen molar-refractivity contribution in [3.05, 3.63) is 7.43 Å². The minimum atomic E-state index is 0. The van der Waals surface area contributed by atoms with E-state index >= 15 is 0 Å². The fraction of sp³-hybridized carbons (Fsp3) is 0.800. The van der Waals surface area contributed by atoms with Crippen LogP contribution >= 0.6 is 0 Å². The van der Waals surface area contributed by atoms with E-state index in [0.717, 1.165) is 0 Å². The summed E-state index contributed by atoms with van der Waals surface area (Å²) in [6, 6.07) is 0. The zero-order valence-corrected chi connectivity index (χ0v) is 7.12. The van der Waals surface area contributed by atoms with Crippen molar-refractivity contribution in [1.29, 1.82) is 0 Å². The van der Waals surface area contributed by atoms with Gasteiger partial charge in [0.1, 0.15) is 0 Å². The quantitative estimate of drug-likeness (QED) is 0.482. The van der Waals surface area contributed by atoms with Gasteiger partial charge >= 0.3 is 0 Å². The summed E-state index contributed by atoms with van der Waals surface area (Å²) in [6.45, 7) is 4.25. The van der Waals surface area contributed by atoms with E-state index in [-0.39, 0.29) is 47.6 Å². The molecule has 39 valence electrons. The molecule has 6 heavy (non-hydrogen) atoms. The molecule has 0 aromatic carbocycles. The van der Waals surface area contributed by atoms with Crippen LogP contribution in [0, 0.1) is 7.43 Å². The van der Waals surface area contributed by atoms with Gasteiger partial charge in [-0.2, -0.15) is 0 Å². The van der Waals surface area contributed by atoms with Gasteiger partial charge < -0.3 is 7.43 Å². The van der Waals surface area contributed by atoms with Crippen molar-refractivity contribution in [1.82, 2.24) is 0 Å². The molecule has 0 nitrogen and oxygen atoms in total. The molecule has 0 bridgehead atoms. The minimum absolute atomic E-state index is 0. The molecular weight excluding hydrogens is 149 g/mol. The molecular formula is C5H15Y-. The van der Waals surface area contributed by atoms with E-state index in [1.54, 1.807) is 0 Å². The Bertz CT molecular complexity index is 3.90. The van der Waals surface area contributed by atoms with Gasteiger partial charge in [-0.25, -0.2) is 0 Å². The van der Waals surface area contributed by atoms with Crippen LogP contribution in [0.3, 0.4) is 0 Å². The number of hydrogen-bond donors (Lipinski definition) is 0. The van der Waals surface area contributed by atoms with Crippen LogP contribution in [0.5, 0.6) is 0 Å². The first-order valence-electron chi connectivity index (χ1n) is 1.41. The topological polar surface area (TPSA) is 0 Å². The summed E-state index contributed by atoms with van der Waals surface area (Å²) >= 11 is 0. The van der Waals surface area contributed by atoms with Crippen molar-refractivity contribution in [3.8, 4) is 0 Å². The molecule has 0 atom stereocenters. The fourth-order valence-corrected chi connectivity index (χ4v) is 0. The van der Waals surface area contributed by atoms with E-state index in [1.807, 2.05) is 0 Å². The molecule has 0 fully saturated rings. The largest absolute Gasteiger partial charge is 0.358 e. The molecule has 0 unspecified atom stereocenters. The molecule has 0 aliphatic rings. The van der Waals surface area contributed by atoms with Crippen LogP contribution in [-0.4, -0.2) is 0 Å². The predicted octanol–water partition coefficient (Wildman–Crippen LogP) is 2.50. The summed E-state index contributed by atoms with van der Waals surface area (Å²) in [5, 5.41) is 0. The molecule has 0 aromatic rings. The van der Waals surface area contributed by atoms with Crippen molar-refractivity contribution in [2.24, 2.45) is 0 Å². The maximum atomic E-state index is 2.12. The first kappa shape index (κ1) is 27.5.